The van der Waals surface area contributed by atoms with Gasteiger partial charge in [-0.25, -0.2) is 0 Å². The lowest BCUT2D eigenvalue weighted by atomic mass is 10.0. The van der Waals surface area contributed by atoms with Crippen molar-refractivity contribution in [1.29, 1.82) is 0 Å². The van der Waals surface area contributed by atoms with Crippen LogP contribution in [0.15, 0.2) is 30.7 Å². The quantitative estimate of drug-likeness (QED) is 0.900. The van der Waals surface area contributed by atoms with Crippen molar-refractivity contribution in [3.8, 4) is 0 Å². The lowest BCUT2D eigenvalue weighted by Gasteiger charge is -2.35. The van der Waals surface area contributed by atoms with Crippen molar-refractivity contribution in [2.24, 2.45) is 5.92 Å². The van der Waals surface area contributed by atoms with Gasteiger partial charge >= 0.3 is 0 Å². The van der Waals surface area contributed by atoms with Crippen LogP contribution in [0.5, 0.6) is 0 Å². The van der Waals surface area contributed by atoms with E-state index in [4.69, 9.17) is 0 Å². The van der Waals surface area contributed by atoms with E-state index in [1.165, 1.54) is 0 Å². The topological polar surface area (TPSA) is 75.9 Å². The lowest BCUT2D eigenvalue weighted by Crippen LogP contribution is -2.48. The number of aryl methyl sites for hydroxylation is 1. The highest BCUT2D eigenvalue weighted by Crippen LogP contribution is 2.23. The van der Waals surface area contributed by atoms with E-state index in [1.807, 2.05) is 23.2 Å². The Morgan fingerprint density at radius 2 is 2.33 bits per heavy atom. The van der Waals surface area contributed by atoms with E-state index in [2.05, 4.69) is 34.5 Å². The summed E-state index contributed by atoms with van der Waals surface area (Å²) in [6.45, 7) is 7.27. The average molecular weight is 328 g/mol. The van der Waals surface area contributed by atoms with Crippen molar-refractivity contribution >= 4 is 5.91 Å². The zero-order valence-electron chi connectivity index (χ0n) is 14.2. The molecule has 0 bridgehead atoms. The molecule has 1 atom stereocenters. The molecule has 1 unspecified atom stereocenters. The first-order valence-corrected chi connectivity index (χ1v) is 8.47. The van der Waals surface area contributed by atoms with Gasteiger partial charge in [0.2, 0.25) is 0 Å². The maximum absolute atomic E-state index is 12.9. The van der Waals surface area contributed by atoms with Crippen molar-refractivity contribution < 1.29 is 4.79 Å². The minimum absolute atomic E-state index is 0.0271. The van der Waals surface area contributed by atoms with Crippen LogP contribution in [0, 0.1) is 5.92 Å². The van der Waals surface area contributed by atoms with Crippen molar-refractivity contribution in [3.63, 3.8) is 0 Å². The van der Waals surface area contributed by atoms with Crippen LogP contribution >= 0.6 is 0 Å². The average Bonchev–Trinajstić information content (AvgIpc) is 3.09. The standard InChI is InChI=1S/C17H24N6O/c1-13(2)5-8-22-12-15(20-21-22)17(24)23-9-7-19-11-16(23)14-4-3-6-18-10-14/h3-4,6,10,12-13,16,19H,5,7-9,11H2,1-2H3. The number of hydrogen-bond donors (Lipinski definition) is 1. The third-order valence-corrected chi connectivity index (χ3v) is 4.27. The van der Waals surface area contributed by atoms with Gasteiger partial charge in [-0.05, 0) is 24.0 Å². The van der Waals surface area contributed by atoms with Crippen LogP contribution in [0.2, 0.25) is 0 Å². The van der Waals surface area contributed by atoms with Crippen molar-refractivity contribution in [3.05, 3.63) is 42.0 Å². The lowest BCUT2D eigenvalue weighted by molar-refractivity contribution is 0.0627. The molecule has 0 saturated carbocycles. The van der Waals surface area contributed by atoms with Gasteiger partial charge < -0.3 is 10.2 Å². The first kappa shape index (κ1) is 16.6. The molecule has 1 amide bonds. The summed E-state index contributed by atoms with van der Waals surface area (Å²) in [6, 6.07) is 3.87. The normalized spacial score (nSPS) is 18.1. The molecule has 1 N–H and O–H groups in total. The van der Waals surface area contributed by atoms with E-state index in [0.717, 1.165) is 31.6 Å². The Morgan fingerprint density at radius 1 is 1.46 bits per heavy atom. The van der Waals surface area contributed by atoms with Gasteiger partial charge in [-0.2, -0.15) is 0 Å². The molecular formula is C17H24N6O. The van der Waals surface area contributed by atoms with Gasteiger partial charge in [0.1, 0.15) is 0 Å². The van der Waals surface area contributed by atoms with Gasteiger partial charge in [-0.3, -0.25) is 14.5 Å². The molecule has 1 aliphatic heterocycles. The predicted octanol–water partition coefficient (Wildman–Crippen LogP) is 1.51. The summed E-state index contributed by atoms with van der Waals surface area (Å²) in [5, 5.41) is 11.5. The Bertz CT molecular complexity index is 669. The molecule has 7 nitrogen and oxygen atoms in total. The van der Waals surface area contributed by atoms with Crippen molar-refractivity contribution in [2.45, 2.75) is 32.9 Å². The third-order valence-electron chi connectivity index (χ3n) is 4.27. The van der Waals surface area contributed by atoms with Gasteiger partial charge in [-0.1, -0.05) is 25.1 Å². The van der Waals surface area contributed by atoms with E-state index in [1.54, 1.807) is 17.1 Å². The van der Waals surface area contributed by atoms with Crippen LogP contribution in [0.1, 0.15) is 42.4 Å². The summed E-state index contributed by atoms with van der Waals surface area (Å²) in [6.07, 6.45) is 6.33. The Hall–Kier alpha value is -2.28. The molecule has 7 heteroatoms. The molecule has 1 fully saturated rings. The summed E-state index contributed by atoms with van der Waals surface area (Å²) in [7, 11) is 0. The molecule has 1 aliphatic rings. The zero-order chi connectivity index (χ0) is 16.9. The smallest absolute Gasteiger partial charge is 0.276 e. The number of aromatic nitrogens is 4. The number of carbonyl (C=O) groups is 1. The first-order valence-electron chi connectivity index (χ1n) is 8.47. The van der Waals surface area contributed by atoms with E-state index in [-0.39, 0.29) is 11.9 Å². The molecule has 0 spiro atoms. The molecule has 3 rings (SSSR count). The Balaban J connectivity index is 1.75. The SMILES string of the molecule is CC(C)CCn1cc(C(=O)N2CCNCC2c2cccnc2)nn1. The highest BCUT2D eigenvalue weighted by molar-refractivity contribution is 5.92. The fourth-order valence-corrected chi connectivity index (χ4v) is 2.86. The Kier molecular flexibility index (Phi) is 5.20. The van der Waals surface area contributed by atoms with Gasteiger partial charge in [-0.15, -0.1) is 5.10 Å². The number of nitrogens with one attached hydrogen (secondary N) is 1. The summed E-state index contributed by atoms with van der Waals surface area (Å²) < 4.78 is 1.76. The Labute approximate surface area is 142 Å². The van der Waals surface area contributed by atoms with E-state index in [9.17, 15) is 4.79 Å². The summed E-state index contributed by atoms with van der Waals surface area (Å²) in [5.41, 5.74) is 1.44. The summed E-state index contributed by atoms with van der Waals surface area (Å²) in [5.74, 6) is 0.526. The second kappa shape index (κ2) is 7.53. The number of pyridine rings is 1. The van der Waals surface area contributed by atoms with E-state index >= 15 is 0 Å². The maximum atomic E-state index is 12.9. The van der Waals surface area contributed by atoms with Crippen LogP contribution in [0.3, 0.4) is 0 Å². The number of hydrogen-bond acceptors (Lipinski definition) is 5. The molecule has 24 heavy (non-hydrogen) atoms. The molecule has 2 aromatic rings. The summed E-state index contributed by atoms with van der Waals surface area (Å²) >= 11 is 0. The van der Waals surface area contributed by atoms with Crippen molar-refractivity contribution in [2.75, 3.05) is 19.6 Å². The highest BCUT2D eigenvalue weighted by Gasteiger charge is 2.30. The largest absolute Gasteiger partial charge is 0.328 e. The minimum Gasteiger partial charge on any atom is -0.328 e. The van der Waals surface area contributed by atoms with E-state index < -0.39 is 0 Å². The second-order valence-electron chi connectivity index (χ2n) is 6.55. The third kappa shape index (κ3) is 3.79. The fourth-order valence-electron chi connectivity index (χ4n) is 2.86. The Morgan fingerprint density at radius 3 is 3.08 bits per heavy atom. The molecule has 128 valence electrons. The maximum Gasteiger partial charge on any atom is 0.276 e. The monoisotopic (exact) mass is 328 g/mol. The molecular weight excluding hydrogens is 304 g/mol. The van der Waals surface area contributed by atoms with E-state index in [0.29, 0.717) is 18.2 Å². The van der Waals surface area contributed by atoms with Gasteiger partial charge in [0, 0.05) is 38.6 Å². The number of nitrogens with zero attached hydrogens (tertiary/aromatic N) is 5. The fraction of sp³-hybridized carbons (Fsp3) is 0.529. The molecule has 2 aromatic heterocycles. The van der Waals surface area contributed by atoms with Gasteiger partial charge in [0.05, 0.1) is 12.2 Å². The van der Waals surface area contributed by atoms with Crippen LogP contribution in [-0.4, -0.2) is 50.4 Å². The van der Waals surface area contributed by atoms with Crippen molar-refractivity contribution in [1.82, 2.24) is 30.2 Å². The number of amides is 1. The number of rotatable bonds is 5. The van der Waals surface area contributed by atoms with Crippen LogP contribution < -0.4 is 5.32 Å². The minimum atomic E-state index is -0.0684. The number of carbonyl (C=O) groups excluding carboxylic acids is 1. The van der Waals surface area contributed by atoms with Crippen LogP contribution in [0.25, 0.3) is 0 Å². The second-order valence-corrected chi connectivity index (χ2v) is 6.55. The van der Waals surface area contributed by atoms with Crippen LogP contribution in [-0.2, 0) is 6.54 Å². The summed E-state index contributed by atoms with van der Waals surface area (Å²) in [4.78, 5) is 18.9. The first-order chi connectivity index (χ1) is 11.6. The van der Waals surface area contributed by atoms with Crippen LogP contribution in [0.4, 0.5) is 0 Å². The molecule has 3 heterocycles. The van der Waals surface area contributed by atoms with Gasteiger partial charge in [0.15, 0.2) is 5.69 Å². The molecule has 0 aliphatic carbocycles. The van der Waals surface area contributed by atoms with Gasteiger partial charge in [0.25, 0.3) is 5.91 Å². The zero-order valence-corrected chi connectivity index (χ0v) is 14.2. The molecule has 1 saturated heterocycles. The number of piperazine rings is 1. The predicted molar refractivity (Wildman–Crippen MR) is 90.4 cm³/mol. The highest BCUT2D eigenvalue weighted by atomic mass is 16.2. The molecule has 0 aromatic carbocycles. The molecule has 0 radical (unpaired) electrons.